The third-order valence-electron chi connectivity index (χ3n) is 4.21. The number of aromatic amines is 1. The molecule has 0 saturated carbocycles. The van der Waals surface area contributed by atoms with Crippen molar-refractivity contribution in [2.75, 3.05) is 0 Å². The highest BCUT2D eigenvalue weighted by atomic mass is 32.1. The van der Waals surface area contributed by atoms with E-state index in [-0.39, 0.29) is 12.0 Å². The molecule has 0 radical (unpaired) electrons. The van der Waals surface area contributed by atoms with Gasteiger partial charge in [-0.05, 0) is 44.0 Å². The van der Waals surface area contributed by atoms with Crippen molar-refractivity contribution in [3.63, 3.8) is 0 Å². The number of pyridine rings is 1. The zero-order valence-electron chi connectivity index (χ0n) is 15.9. The number of aromatic nitrogens is 2. The number of benzene rings is 1. The molecule has 1 unspecified atom stereocenters. The summed E-state index contributed by atoms with van der Waals surface area (Å²) in [4.78, 5) is 31.2. The molecule has 0 aliphatic rings. The molecule has 2 aromatic heterocycles. The van der Waals surface area contributed by atoms with Gasteiger partial charge >= 0.3 is 5.97 Å². The van der Waals surface area contributed by atoms with E-state index >= 15 is 0 Å². The van der Waals surface area contributed by atoms with Crippen LogP contribution in [0, 0.1) is 0 Å². The molecule has 2 N–H and O–H groups in total. The Morgan fingerprint density at radius 2 is 1.93 bits per heavy atom. The lowest BCUT2D eigenvalue weighted by Crippen LogP contribution is -2.46. The standard InChI is InChI=1S/C21H22N2O4S/c1-20(2,3)27-21(19(25)26,17-12-28-13-23-17)11-14-6-8-15(9-7-14)16-5-4-10-22-18(16)24/h4-10,12-13H,11H2,1-3H3,(H,22,24)(H,25,26). The van der Waals surface area contributed by atoms with Gasteiger partial charge in [-0.2, -0.15) is 0 Å². The summed E-state index contributed by atoms with van der Waals surface area (Å²) >= 11 is 1.33. The maximum absolute atomic E-state index is 12.3. The van der Waals surface area contributed by atoms with Crippen molar-refractivity contribution in [3.05, 3.63) is 75.1 Å². The van der Waals surface area contributed by atoms with Crippen molar-refractivity contribution in [2.24, 2.45) is 0 Å². The number of hydrogen-bond acceptors (Lipinski definition) is 5. The summed E-state index contributed by atoms with van der Waals surface area (Å²) in [5.41, 5.74) is 1.63. The minimum Gasteiger partial charge on any atom is -0.479 e. The van der Waals surface area contributed by atoms with Gasteiger partial charge in [-0.25, -0.2) is 9.78 Å². The highest BCUT2D eigenvalue weighted by molar-refractivity contribution is 7.07. The van der Waals surface area contributed by atoms with E-state index in [1.807, 2.05) is 45.0 Å². The van der Waals surface area contributed by atoms with Crippen molar-refractivity contribution in [1.29, 1.82) is 0 Å². The molecule has 28 heavy (non-hydrogen) atoms. The summed E-state index contributed by atoms with van der Waals surface area (Å²) in [6.45, 7) is 5.46. The van der Waals surface area contributed by atoms with E-state index in [1.54, 1.807) is 29.2 Å². The minimum absolute atomic E-state index is 0.120. The van der Waals surface area contributed by atoms with E-state index in [9.17, 15) is 14.7 Å². The lowest BCUT2D eigenvalue weighted by atomic mass is 9.89. The van der Waals surface area contributed by atoms with Crippen LogP contribution in [0.4, 0.5) is 0 Å². The summed E-state index contributed by atoms with van der Waals surface area (Å²) in [6, 6.07) is 10.8. The maximum Gasteiger partial charge on any atom is 0.342 e. The second-order valence-corrected chi connectivity index (χ2v) is 8.23. The van der Waals surface area contributed by atoms with Crippen LogP contribution in [-0.2, 0) is 21.6 Å². The SMILES string of the molecule is CC(C)(C)OC(Cc1ccc(-c2ccc[nH]c2=O)cc1)(C(=O)O)c1cscn1. The van der Waals surface area contributed by atoms with E-state index in [2.05, 4.69) is 9.97 Å². The first kappa shape index (κ1) is 20.0. The number of carboxylic acids is 1. The molecule has 0 aliphatic heterocycles. The van der Waals surface area contributed by atoms with Crippen molar-refractivity contribution < 1.29 is 14.6 Å². The molecule has 3 aromatic rings. The highest BCUT2D eigenvalue weighted by Gasteiger charge is 2.46. The fourth-order valence-electron chi connectivity index (χ4n) is 3.08. The first-order valence-electron chi connectivity index (χ1n) is 8.80. The second-order valence-electron chi connectivity index (χ2n) is 7.51. The molecule has 0 fully saturated rings. The monoisotopic (exact) mass is 398 g/mol. The van der Waals surface area contributed by atoms with Crippen LogP contribution >= 0.6 is 11.3 Å². The number of nitrogens with one attached hydrogen (secondary N) is 1. The lowest BCUT2D eigenvalue weighted by molar-refractivity contribution is -0.188. The number of carbonyl (C=O) groups is 1. The quantitative estimate of drug-likeness (QED) is 0.658. The third-order valence-corrected chi connectivity index (χ3v) is 4.79. The van der Waals surface area contributed by atoms with Gasteiger partial charge in [-0.1, -0.05) is 24.3 Å². The van der Waals surface area contributed by atoms with Gasteiger partial charge in [0.1, 0.15) is 0 Å². The molecule has 0 amide bonds. The van der Waals surface area contributed by atoms with Crippen LogP contribution in [0.3, 0.4) is 0 Å². The smallest absolute Gasteiger partial charge is 0.342 e. The Bertz CT molecular complexity index is 1000. The van der Waals surface area contributed by atoms with Gasteiger partial charge in [0, 0.05) is 23.6 Å². The molecule has 0 bridgehead atoms. The van der Waals surface area contributed by atoms with Crippen LogP contribution in [0.1, 0.15) is 32.0 Å². The Morgan fingerprint density at radius 1 is 1.21 bits per heavy atom. The predicted molar refractivity (Wildman–Crippen MR) is 108 cm³/mol. The van der Waals surface area contributed by atoms with E-state index in [1.165, 1.54) is 11.3 Å². The average Bonchev–Trinajstić information content (AvgIpc) is 3.16. The molecule has 1 atom stereocenters. The zero-order chi connectivity index (χ0) is 20.4. The van der Waals surface area contributed by atoms with E-state index < -0.39 is 17.2 Å². The zero-order valence-corrected chi connectivity index (χ0v) is 16.7. The number of ether oxygens (including phenoxy) is 1. The maximum atomic E-state index is 12.3. The van der Waals surface area contributed by atoms with Crippen molar-refractivity contribution in [1.82, 2.24) is 9.97 Å². The summed E-state index contributed by atoms with van der Waals surface area (Å²) in [6.07, 6.45) is 1.70. The van der Waals surface area contributed by atoms with E-state index in [0.29, 0.717) is 11.3 Å². The first-order chi connectivity index (χ1) is 13.2. The summed E-state index contributed by atoms with van der Waals surface area (Å²) < 4.78 is 6.06. The van der Waals surface area contributed by atoms with Crippen molar-refractivity contribution >= 4 is 17.3 Å². The van der Waals surface area contributed by atoms with Gasteiger partial charge in [0.15, 0.2) is 0 Å². The molecule has 1 aromatic carbocycles. The number of hydrogen-bond donors (Lipinski definition) is 2. The third kappa shape index (κ3) is 4.21. The number of H-pyrrole nitrogens is 1. The lowest BCUT2D eigenvalue weighted by Gasteiger charge is -2.35. The molecule has 0 aliphatic carbocycles. The Labute approximate surface area is 166 Å². The number of carboxylic acid groups (broad SMARTS) is 1. The molecule has 0 saturated heterocycles. The van der Waals surface area contributed by atoms with Gasteiger partial charge in [-0.3, -0.25) is 4.79 Å². The fourth-order valence-corrected chi connectivity index (χ4v) is 3.70. The number of rotatable bonds is 6. The normalized spacial score (nSPS) is 13.8. The van der Waals surface area contributed by atoms with E-state index in [0.717, 1.165) is 11.1 Å². The molecular weight excluding hydrogens is 376 g/mol. The van der Waals surface area contributed by atoms with Gasteiger partial charge in [-0.15, -0.1) is 11.3 Å². The molecule has 2 heterocycles. The minimum atomic E-state index is -1.59. The molecular formula is C21H22N2O4S. The Kier molecular flexibility index (Phi) is 5.49. The molecule has 0 spiro atoms. The average molecular weight is 398 g/mol. The van der Waals surface area contributed by atoms with Crippen LogP contribution in [0.2, 0.25) is 0 Å². The Hall–Kier alpha value is -2.77. The highest BCUT2D eigenvalue weighted by Crippen LogP contribution is 2.35. The molecule has 3 rings (SSSR count). The number of thiazole rings is 1. The largest absolute Gasteiger partial charge is 0.479 e. The topological polar surface area (TPSA) is 92.3 Å². The van der Waals surface area contributed by atoms with Crippen molar-refractivity contribution in [3.8, 4) is 11.1 Å². The number of nitrogens with zero attached hydrogens (tertiary/aromatic N) is 1. The molecule has 7 heteroatoms. The van der Waals surface area contributed by atoms with Gasteiger partial charge in [0.05, 0.1) is 16.8 Å². The van der Waals surface area contributed by atoms with Crippen LogP contribution in [0.25, 0.3) is 11.1 Å². The first-order valence-corrected chi connectivity index (χ1v) is 9.75. The van der Waals surface area contributed by atoms with Crippen LogP contribution in [0.15, 0.2) is 58.3 Å². The summed E-state index contributed by atoms with van der Waals surface area (Å²) in [5.74, 6) is -1.09. The fraction of sp³-hybridized carbons (Fsp3) is 0.286. The molecule has 6 nitrogen and oxygen atoms in total. The predicted octanol–water partition coefficient (Wildman–Crippen LogP) is 3.84. The van der Waals surface area contributed by atoms with Crippen molar-refractivity contribution in [2.45, 2.75) is 38.4 Å². The van der Waals surface area contributed by atoms with E-state index in [4.69, 9.17) is 4.74 Å². The van der Waals surface area contributed by atoms with Gasteiger partial charge < -0.3 is 14.8 Å². The molecule has 146 valence electrons. The summed E-state index contributed by atoms with van der Waals surface area (Å²) in [5, 5.41) is 11.8. The number of aliphatic carboxylic acids is 1. The summed E-state index contributed by atoms with van der Waals surface area (Å²) in [7, 11) is 0. The van der Waals surface area contributed by atoms with Crippen LogP contribution < -0.4 is 5.56 Å². The Morgan fingerprint density at radius 3 is 2.46 bits per heavy atom. The van der Waals surface area contributed by atoms with Gasteiger partial charge in [0.25, 0.3) is 5.56 Å². The Balaban J connectivity index is 1.98. The van der Waals surface area contributed by atoms with Crippen LogP contribution in [-0.4, -0.2) is 26.6 Å². The second kappa shape index (κ2) is 7.69. The van der Waals surface area contributed by atoms with Crippen LogP contribution in [0.5, 0.6) is 0 Å². The van der Waals surface area contributed by atoms with Gasteiger partial charge in [0.2, 0.25) is 5.60 Å².